The van der Waals surface area contributed by atoms with Crippen molar-refractivity contribution >= 4 is 28.9 Å². The van der Waals surface area contributed by atoms with E-state index >= 15 is 0 Å². The lowest BCUT2D eigenvalue weighted by atomic mass is 10.2. The summed E-state index contributed by atoms with van der Waals surface area (Å²) in [5.74, 6) is -0.884. The molecule has 22 heavy (non-hydrogen) atoms. The van der Waals surface area contributed by atoms with Crippen LogP contribution in [0, 0.1) is 20.8 Å². The van der Waals surface area contributed by atoms with Crippen molar-refractivity contribution in [1.29, 1.82) is 0 Å². The summed E-state index contributed by atoms with van der Waals surface area (Å²) in [7, 11) is 0. The standard InChI is InChI=1S/C16H18N2O3S/c1-9-5-7-13(8-6-9)18-15(19)11(3)21-16(20)14-10(2)17-12(4)22-14/h5-8,11H,1-4H3,(H,18,19)/t11-/m1/s1. The molecule has 1 aromatic carbocycles. The Hall–Kier alpha value is -2.21. The van der Waals surface area contributed by atoms with Crippen LogP contribution < -0.4 is 5.32 Å². The first-order valence-corrected chi connectivity index (χ1v) is 7.71. The minimum Gasteiger partial charge on any atom is -0.448 e. The molecule has 2 rings (SSSR count). The maximum absolute atomic E-state index is 12.1. The minimum atomic E-state index is -0.879. The zero-order valence-corrected chi connectivity index (χ0v) is 13.8. The molecule has 1 heterocycles. The zero-order valence-electron chi connectivity index (χ0n) is 13.0. The Kier molecular flexibility index (Phi) is 4.92. The van der Waals surface area contributed by atoms with Crippen LogP contribution in [0.5, 0.6) is 0 Å². The second-order valence-electron chi connectivity index (χ2n) is 5.05. The fraction of sp³-hybridized carbons (Fsp3) is 0.312. The molecule has 1 amide bonds. The molecule has 0 aliphatic rings. The second-order valence-corrected chi connectivity index (χ2v) is 6.25. The van der Waals surface area contributed by atoms with E-state index in [4.69, 9.17) is 4.74 Å². The van der Waals surface area contributed by atoms with Gasteiger partial charge in [-0.05, 0) is 39.8 Å². The highest BCUT2D eigenvalue weighted by molar-refractivity contribution is 7.13. The van der Waals surface area contributed by atoms with E-state index < -0.39 is 12.1 Å². The van der Waals surface area contributed by atoms with Crippen LogP contribution in [0.3, 0.4) is 0 Å². The summed E-state index contributed by atoms with van der Waals surface area (Å²) < 4.78 is 5.21. The summed E-state index contributed by atoms with van der Waals surface area (Å²) in [5, 5.41) is 3.51. The number of nitrogens with one attached hydrogen (secondary N) is 1. The fourth-order valence-corrected chi connectivity index (χ4v) is 2.67. The highest BCUT2D eigenvalue weighted by atomic mass is 32.1. The molecule has 0 aliphatic heterocycles. The third-order valence-corrected chi connectivity index (χ3v) is 4.11. The van der Waals surface area contributed by atoms with Gasteiger partial charge in [0.15, 0.2) is 6.10 Å². The number of amides is 1. The van der Waals surface area contributed by atoms with E-state index in [-0.39, 0.29) is 5.91 Å². The van der Waals surface area contributed by atoms with Gasteiger partial charge < -0.3 is 10.1 Å². The number of carbonyl (C=O) groups excluding carboxylic acids is 2. The maximum atomic E-state index is 12.1. The summed E-state index contributed by atoms with van der Waals surface area (Å²) in [6.45, 7) is 7.08. The van der Waals surface area contributed by atoms with E-state index in [0.29, 0.717) is 16.3 Å². The summed E-state index contributed by atoms with van der Waals surface area (Å²) in [4.78, 5) is 28.7. The normalized spacial score (nSPS) is 11.8. The first kappa shape index (κ1) is 16.2. The fourth-order valence-electron chi connectivity index (χ4n) is 1.87. The van der Waals surface area contributed by atoms with Gasteiger partial charge in [0.2, 0.25) is 0 Å². The van der Waals surface area contributed by atoms with E-state index in [1.54, 1.807) is 26.0 Å². The number of anilines is 1. The van der Waals surface area contributed by atoms with Crippen molar-refractivity contribution in [2.75, 3.05) is 5.32 Å². The second kappa shape index (κ2) is 6.70. The molecule has 0 unspecified atom stereocenters. The monoisotopic (exact) mass is 318 g/mol. The SMILES string of the molecule is Cc1ccc(NC(=O)[C@@H](C)OC(=O)c2sc(C)nc2C)cc1. The van der Waals surface area contributed by atoms with Crippen LogP contribution in [0.2, 0.25) is 0 Å². The van der Waals surface area contributed by atoms with Gasteiger partial charge in [0.1, 0.15) is 4.88 Å². The smallest absolute Gasteiger partial charge is 0.351 e. The quantitative estimate of drug-likeness (QED) is 0.879. The molecule has 1 N–H and O–H groups in total. The Morgan fingerprint density at radius 3 is 2.36 bits per heavy atom. The first-order chi connectivity index (χ1) is 10.4. The van der Waals surface area contributed by atoms with Gasteiger partial charge in [-0.15, -0.1) is 11.3 Å². The average molecular weight is 318 g/mol. The third kappa shape index (κ3) is 3.92. The number of rotatable bonds is 4. The van der Waals surface area contributed by atoms with E-state index in [1.807, 2.05) is 26.0 Å². The third-order valence-electron chi connectivity index (χ3n) is 3.06. The maximum Gasteiger partial charge on any atom is 0.351 e. The number of ether oxygens (including phenoxy) is 1. The van der Waals surface area contributed by atoms with Crippen LogP contribution in [-0.4, -0.2) is 23.0 Å². The van der Waals surface area contributed by atoms with Crippen LogP contribution in [0.4, 0.5) is 5.69 Å². The van der Waals surface area contributed by atoms with Gasteiger partial charge in [0, 0.05) is 5.69 Å². The number of hydrogen-bond acceptors (Lipinski definition) is 5. The number of carbonyl (C=O) groups is 2. The topological polar surface area (TPSA) is 68.3 Å². The number of thiazole rings is 1. The predicted octanol–water partition coefficient (Wildman–Crippen LogP) is 3.25. The Bertz CT molecular complexity index is 692. The van der Waals surface area contributed by atoms with Gasteiger partial charge in [0.25, 0.3) is 5.91 Å². The zero-order chi connectivity index (χ0) is 16.3. The molecular weight excluding hydrogens is 300 g/mol. The lowest BCUT2D eigenvalue weighted by Gasteiger charge is -2.13. The van der Waals surface area contributed by atoms with Crippen molar-refractivity contribution in [3.8, 4) is 0 Å². The molecule has 0 fully saturated rings. The minimum absolute atomic E-state index is 0.365. The molecule has 0 bridgehead atoms. The summed E-state index contributed by atoms with van der Waals surface area (Å²) in [6.07, 6.45) is -0.879. The van der Waals surface area contributed by atoms with Gasteiger partial charge in [-0.2, -0.15) is 0 Å². The summed E-state index contributed by atoms with van der Waals surface area (Å²) in [5.41, 5.74) is 2.40. The molecule has 116 valence electrons. The molecule has 1 aromatic heterocycles. The Morgan fingerprint density at radius 2 is 1.82 bits per heavy atom. The van der Waals surface area contributed by atoms with Crippen LogP contribution in [0.25, 0.3) is 0 Å². The number of hydrogen-bond donors (Lipinski definition) is 1. The van der Waals surface area contributed by atoms with Crippen molar-refractivity contribution in [3.63, 3.8) is 0 Å². The molecule has 5 nitrogen and oxygen atoms in total. The molecular formula is C16H18N2O3S. The van der Waals surface area contributed by atoms with E-state index in [9.17, 15) is 9.59 Å². The van der Waals surface area contributed by atoms with Crippen LogP contribution in [-0.2, 0) is 9.53 Å². The van der Waals surface area contributed by atoms with E-state index in [1.165, 1.54) is 11.3 Å². The number of esters is 1. The van der Waals surface area contributed by atoms with Crippen LogP contribution in [0.15, 0.2) is 24.3 Å². The highest BCUT2D eigenvalue weighted by Crippen LogP contribution is 2.19. The van der Waals surface area contributed by atoms with Gasteiger partial charge in [0.05, 0.1) is 10.7 Å². The predicted molar refractivity (Wildman–Crippen MR) is 86.3 cm³/mol. The Morgan fingerprint density at radius 1 is 1.18 bits per heavy atom. The van der Waals surface area contributed by atoms with Crippen molar-refractivity contribution in [2.45, 2.75) is 33.8 Å². The number of aromatic nitrogens is 1. The molecule has 0 saturated carbocycles. The van der Waals surface area contributed by atoms with Gasteiger partial charge in [-0.1, -0.05) is 17.7 Å². The average Bonchev–Trinajstić information content (AvgIpc) is 2.80. The van der Waals surface area contributed by atoms with Crippen LogP contribution >= 0.6 is 11.3 Å². The lowest BCUT2D eigenvalue weighted by Crippen LogP contribution is -2.29. The Balaban J connectivity index is 1.97. The largest absolute Gasteiger partial charge is 0.448 e. The van der Waals surface area contributed by atoms with Gasteiger partial charge in [-0.3, -0.25) is 4.79 Å². The van der Waals surface area contributed by atoms with Crippen molar-refractivity contribution in [1.82, 2.24) is 4.98 Å². The molecule has 0 radical (unpaired) electrons. The molecule has 0 saturated heterocycles. The van der Waals surface area contributed by atoms with Crippen LogP contribution in [0.1, 0.15) is 32.9 Å². The number of benzene rings is 1. The lowest BCUT2D eigenvalue weighted by molar-refractivity contribution is -0.123. The number of aryl methyl sites for hydroxylation is 3. The molecule has 6 heteroatoms. The number of nitrogens with zero attached hydrogens (tertiary/aromatic N) is 1. The van der Waals surface area contributed by atoms with Crippen molar-refractivity contribution < 1.29 is 14.3 Å². The van der Waals surface area contributed by atoms with Gasteiger partial charge >= 0.3 is 5.97 Å². The van der Waals surface area contributed by atoms with E-state index in [0.717, 1.165) is 10.6 Å². The van der Waals surface area contributed by atoms with Crippen molar-refractivity contribution in [2.24, 2.45) is 0 Å². The first-order valence-electron chi connectivity index (χ1n) is 6.89. The highest BCUT2D eigenvalue weighted by Gasteiger charge is 2.22. The summed E-state index contributed by atoms with van der Waals surface area (Å²) >= 11 is 1.26. The van der Waals surface area contributed by atoms with Gasteiger partial charge in [-0.25, -0.2) is 9.78 Å². The van der Waals surface area contributed by atoms with Crippen molar-refractivity contribution in [3.05, 3.63) is 45.4 Å². The van der Waals surface area contributed by atoms with E-state index in [2.05, 4.69) is 10.3 Å². The molecule has 0 aliphatic carbocycles. The molecule has 2 aromatic rings. The molecule has 1 atom stereocenters. The Labute approximate surface area is 133 Å². The molecule has 0 spiro atoms. The summed E-state index contributed by atoms with van der Waals surface area (Å²) in [6, 6.07) is 7.41.